The molecule has 0 radical (unpaired) electrons. The first-order valence-corrected chi connectivity index (χ1v) is 12.2. The molecule has 1 heterocycles. The van der Waals surface area contributed by atoms with Crippen molar-refractivity contribution in [1.29, 1.82) is 0 Å². The van der Waals surface area contributed by atoms with Gasteiger partial charge in [-0.25, -0.2) is 0 Å². The van der Waals surface area contributed by atoms with Crippen LogP contribution in [0.5, 0.6) is 0 Å². The van der Waals surface area contributed by atoms with E-state index in [2.05, 4.69) is 20.8 Å². The van der Waals surface area contributed by atoms with Crippen LogP contribution in [0.4, 0.5) is 0 Å². The third-order valence-electron chi connectivity index (χ3n) is 5.12. The van der Waals surface area contributed by atoms with Gasteiger partial charge in [0.15, 0.2) is 0 Å². The molecule has 1 fully saturated rings. The Bertz CT molecular complexity index is 431. The van der Waals surface area contributed by atoms with Gasteiger partial charge in [-0.15, -0.1) is 0 Å². The summed E-state index contributed by atoms with van der Waals surface area (Å²) in [6.45, 7) is 12.6. The average molecular weight is 369 g/mol. The summed E-state index contributed by atoms with van der Waals surface area (Å²) in [5.41, 5.74) is 0. The molecule has 3 atom stereocenters. The highest BCUT2D eigenvalue weighted by Gasteiger charge is 2.44. The minimum atomic E-state index is -3.86. The van der Waals surface area contributed by atoms with Crippen LogP contribution < -0.4 is 0 Å². The van der Waals surface area contributed by atoms with Crippen molar-refractivity contribution in [2.24, 2.45) is 11.8 Å². The lowest BCUT2D eigenvalue weighted by Crippen LogP contribution is -2.48. The number of likely N-dealkylation sites (tertiary alicyclic amines) is 1. The van der Waals surface area contributed by atoms with Gasteiger partial charge < -0.3 is 9.01 Å². The van der Waals surface area contributed by atoms with Crippen molar-refractivity contribution in [2.45, 2.75) is 47.0 Å². The van der Waals surface area contributed by atoms with Crippen LogP contribution in [-0.2, 0) is 14.6 Å². The lowest BCUT2D eigenvalue weighted by atomic mass is 9.92. The van der Waals surface area contributed by atoms with Gasteiger partial charge in [0.1, 0.15) is 6.29 Å². The van der Waals surface area contributed by atoms with E-state index in [1.54, 1.807) is 0 Å². The van der Waals surface area contributed by atoms with E-state index in [-0.39, 0.29) is 5.75 Å². The van der Waals surface area contributed by atoms with Gasteiger partial charge in [0.2, 0.25) is 0 Å². The molecule has 7 heteroatoms. The van der Waals surface area contributed by atoms with E-state index >= 15 is 0 Å². The molecule has 0 saturated carbocycles. The van der Waals surface area contributed by atoms with Crippen molar-refractivity contribution >= 4 is 18.3 Å². The first-order chi connectivity index (χ1) is 10.8. The lowest BCUT2D eigenvalue weighted by molar-refractivity contribution is -0.908. The second-order valence-corrected chi connectivity index (χ2v) is 10.5. The molecule has 1 aliphatic heterocycles. The summed E-state index contributed by atoms with van der Waals surface area (Å²) in [6, 6.07) is 0. The van der Waals surface area contributed by atoms with Gasteiger partial charge in [-0.3, -0.25) is 4.55 Å². The van der Waals surface area contributed by atoms with E-state index in [0.29, 0.717) is 6.42 Å². The molecule has 0 spiro atoms. The zero-order chi connectivity index (χ0) is 17.5. The van der Waals surface area contributed by atoms with Crippen molar-refractivity contribution in [3.63, 3.8) is 0 Å². The maximum atomic E-state index is 11.1. The van der Waals surface area contributed by atoms with Crippen LogP contribution in [0.1, 0.15) is 47.0 Å². The molecule has 23 heavy (non-hydrogen) atoms. The molecule has 0 bridgehead atoms. The fourth-order valence-corrected chi connectivity index (χ4v) is 6.36. The zero-order valence-electron chi connectivity index (χ0n) is 15.2. The Morgan fingerprint density at radius 1 is 1.13 bits per heavy atom. The minimum Gasteiger partial charge on any atom is -0.354 e. The van der Waals surface area contributed by atoms with Gasteiger partial charge in [-0.2, -0.15) is 8.42 Å². The number of hydrogen-bond donors (Lipinski definition) is 1. The summed E-state index contributed by atoms with van der Waals surface area (Å²) < 4.78 is 38.1. The molecule has 138 valence electrons. The summed E-state index contributed by atoms with van der Waals surface area (Å²) in [7, 11) is -4.31. The predicted molar refractivity (Wildman–Crippen MR) is 97.4 cm³/mol. The number of nitrogens with zero attached hydrogens (tertiary/aromatic N) is 1. The highest BCUT2D eigenvalue weighted by Crippen LogP contribution is 2.44. The maximum absolute atomic E-state index is 11.1. The van der Waals surface area contributed by atoms with E-state index < -0.39 is 18.3 Å². The van der Waals surface area contributed by atoms with Gasteiger partial charge in [0, 0.05) is 24.9 Å². The SMILES string of the molecule is CCOP(CC)C[N+]1(CCCS(=O)(=O)O)CC(CC)C(CC)C1. The molecule has 5 nitrogen and oxygen atoms in total. The summed E-state index contributed by atoms with van der Waals surface area (Å²) in [4.78, 5) is 0. The van der Waals surface area contributed by atoms with Gasteiger partial charge >= 0.3 is 0 Å². The normalized spacial score (nSPS) is 29.8. The predicted octanol–water partition coefficient (Wildman–Crippen LogP) is 3.56. The van der Waals surface area contributed by atoms with E-state index in [4.69, 9.17) is 9.08 Å². The maximum Gasteiger partial charge on any atom is 0.265 e. The average Bonchev–Trinajstić information content (AvgIpc) is 2.83. The molecule has 1 saturated heterocycles. The van der Waals surface area contributed by atoms with Crippen molar-refractivity contribution in [2.75, 3.05) is 44.4 Å². The Morgan fingerprint density at radius 3 is 2.09 bits per heavy atom. The lowest BCUT2D eigenvalue weighted by Gasteiger charge is -2.37. The molecule has 0 aliphatic carbocycles. The van der Waals surface area contributed by atoms with E-state index in [0.717, 1.165) is 55.0 Å². The van der Waals surface area contributed by atoms with Crippen molar-refractivity contribution in [1.82, 2.24) is 0 Å². The molecule has 1 aliphatic rings. The topological polar surface area (TPSA) is 63.6 Å². The second kappa shape index (κ2) is 9.67. The molecular weight excluding hydrogens is 333 g/mol. The molecule has 1 N–H and O–H groups in total. The molecular formula is C16H35NO4PS+. The molecule has 1 rings (SSSR count). The minimum absolute atomic E-state index is 0.126. The summed E-state index contributed by atoms with van der Waals surface area (Å²) in [6.07, 6.45) is 4.99. The molecule has 0 aromatic heterocycles. The molecule has 0 aromatic rings. The molecule has 3 unspecified atom stereocenters. The highest BCUT2D eigenvalue weighted by atomic mass is 32.2. The van der Waals surface area contributed by atoms with Gasteiger partial charge in [0.25, 0.3) is 10.1 Å². The Morgan fingerprint density at radius 2 is 1.70 bits per heavy atom. The van der Waals surface area contributed by atoms with E-state index in [1.165, 1.54) is 12.8 Å². The summed E-state index contributed by atoms with van der Waals surface area (Å²) in [5, 5.41) is 0. The smallest absolute Gasteiger partial charge is 0.265 e. The monoisotopic (exact) mass is 368 g/mol. The van der Waals surface area contributed by atoms with Crippen LogP contribution in [0.15, 0.2) is 0 Å². The number of hydrogen-bond acceptors (Lipinski definition) is 3. The van der Waals surface area contributed by atoms with Crippen molar-refractivity contribution < 1.29 is 22.0 Å². The number of quaternary nitrogens is 1. The molecule has 0 aromatic carbocycles. The summed E-state index contributed by atoms with van der Waals surface area (Å²) in [5.74, 6) is 1.32. The van der Waals surface area contributed by atoms with Crippen LogP contribution >= 0.6 is 8.15 Å². The largest absolute Gasteiger partial charge is 0.354 e. The van der Waals surface area contributed by atoms with E-state index in [9.17, 15) is 8.42 Å². The van der Waals surface area contributed by atoms with Crippen LogP contribution in [0.3, 0.4) is 0 Å². The van der Waals surface area contributed by atoms with Crippen LogP contribution in [0, 0.1) is 11.8 Å². The van der Waals surface area contributed by atoms with Crippen LogP contribution in [-0.4, -0.2) is 61.9 Å². The Hall–Kier alpha value is 0.260. The van der Waals surface area contributed by atoms with Crippen molar-refractivity contribution in [3.05, 3.63) is 0 Å². The standard InChI is InChI=1S/C16H34NO4PS/c1-5-15-12-17(13-16(15)6-2,10-9-11-23(18,19)20)14-22(8-4)21-7-3/h15-16H,5-14H2,1-4H3/p+1. The zero-order valence-corrected chi connectivity index (χ0v) is 16.9. The highest BCUT2D eigenvalue weighted by molar-refractivity contribution is 7.85. The first-order valence-electron chi connectivity index (χ1n) is 8.97. The third kappa shape index (κ3) is 6.95. The van der Waals surface area contributed by atoms with Gasteiger partial charge in [-0.05, 0) is 25.9 Å². The fraction of sp³-hybridized carbons (Fsp3) is 1.00. The Labute approximate surface area is 144 Å². The molecule has 0 amide bonds. The fourth-order valence-electron chi connectivity index (χ4n) is 3.99. The number of rotatable bonds is 11. The first kappa shape index (κ1) is 21.3. The Balaban J connectivity index is 2.83. The van der Waals surface area contributed by atoms with Crippen LogP contribution in [0.25, 0.3) is 0 Å². The van der Waals surface area contributed by atoms with E-state index in [1.807, 2.05) is 6.92 Å². The summed E-state index contributed by atoms with van der Waals surface area (Å²) >= 11 is 0. The Kier molecular flexibility index (Phi) is 8.95. The van der Waals surface area contributed by atoms with Crippen LogP contribution in [0.2, 0.25) is 0 Å². The van der Waals surface area contributed by atoms with Gasteiger partial charge in [-0.1, -0.05) is 20.8 Å². The van der Waals surface area contributed by atoms with Gasteiger partial charge in [0.05, 0.1) is 33.5 Å². The second-order valence-electron chi connectivity index (χ2n) is 6.76. The quantitative estimate of drug-likeness (QED) is 0.344. The third-order valence-corrected chi connectivity index (χ3v) is 8.16. The van der Waals surface area contributed by atoms with Crippen molar-refractivity contribution in [3.8, 4) is 0 Å².